The zero-order valence-corrected chi connectivity index (χ0v) is 19.0. The van der Waals surface area contributed by atoms with Crippen LogP contribution in [0.4, 0.5) is 0 Å². The minimum atomic E-state index is -4.50. The number of hydrogen-bond acceptors (Lipinski definition) is 12. The standard InChI is InChI=1S/C17H20N4O10S2/c1-28-18-20(22)17(21(23)19-29-2,13-30-32(24,25)15-9-5-3-6-10-15)14-31-33(26,27)16-11-7-4-8-12-16/h3-12H,13-14H2,1-2H3. The van der Waals surface area contributed by atoms with Crippen molar-refractivity contribution < 1.29 is 44.6 Å². The topological polar surface area (TPSA) is 182 Å². The first-order valence-electron chi connectivity index (χ1n) is 8.91. The van der Waals surface area contributed by atoms with Crippen LogP contribution in [0.15, 0.2) is 81.0 Å². The third-order valence-corrected chi connectivity index (χ3v) is 6.53. The Morgan fingerprint density at radius 1 is 0.727 bits per heavy atom. The maximum atomic E-state index is 12.6. The molecule has 2 aromatic carbocycles. The maximum Gasteiger partial charge on any atom is 0.472 e. The van der Waals surface area contributed by atoms with Crippen LogP contribution >= 0.6 is 0 Å². The molecule has 0 saturated heterocycles. The van der Waals surface area contributed by atoms with Gasteiger partial charge in [0.1, 0.15) is 14.2 Å². The average Bonchev–Trinajstić information content (AvgIpc) is 2.81. The molecule has 0 saturated carbocycles. The zero-order chi connectivity index (χ0) is 24.5. The van der Waals surface area contributed by atoms with Gasteiger partial charge in [-0.1, -0.05) is 36.4 Å². The Morgan fingerprint density at radius 2 is 1.06 bits per heavy atom. The van der Waals surface area contributed by atoms with E-state index >= 15 is 0 Å². The second-order valence-electron chi connectivity index (χ2n) is 6.12. The number of hydroxylamine groups is 2. The summed E-state index contributed by atoms with van der Waals surface area (Å²) in [6, 6.07) is 13.6. The summed E-state index contributed by atoms with van der Waals surface area (Å²) >= 11 is 0. The summed E-state index contributed by atoms with van der Waals surface area (Å²) in [5, 5.41) is 31.2. The van der Waals surface area contributed by atoms with Gasteiger partial charge in [-0.05, 0) is 24.3 Å². The zero-order valence-electron chi connectivity index (χ0n) is 17.4. The van der Waals surface area contributed by atoms with Gasteiger partial charge < -0.3 is 20.1 Å². The van der Waals surface area contributed by atoms with Crippen LogP contribution in [-0.4, -0.2) is 59.7 Å². The predicted octanol–water partition coefficient (Wildman–Crippen LogP) is 1.54. The van der Waals surface area contributed by atoms with Gasteiger partial charge in [0, 0.05) is 9.72 Å². The van der Waals surface area contributed by atoms with Gasteiger partial charge in [-0.25, -0.2) is 0 Å². The van der Waals surface area contributed by atoms with E-state index in [1.807, 2.05) is 0 Å². The van der Waals surface area contributed by atoms with E-state index in [1.165, 1.54) is 48.5 Å². The first-order valence-corrected chi connectivity index (χ1v) is 11.7. The Labute approximate surface area is 189 Å². The highest BCUT2D eigenvalue weighted by atomic mass is 32.2. The van der Waals surface area contributed by atoms with Gasteiger partial charge in [0.05, 0.1) is 9.79 Å². The van der Waals surface area contributed by atoms with E-state index in [4.69, 9.17) is 8.37 Å². The van der Waals surface area contributed by atoms with Crippen molar-refractivity contribution in [3.8, 4) is 0 Å². The largest absolute Gasteiger partial charge is 0.592 e. The molecule has 0 radical (unpaired) electrons. The molecule has 2 aromatic rings. The van der Waals surface area contributed by atoms with Crippen LogP contribution in [0.3, 0.4) is 0 Å². The van der Waals surface area contributed by atoms with Gasteiger partial charge >= 0.3 is 5.66 Å². The molecule has 0 spiro atoms. The maximum absolute atomic E-state index is 12.6. The molecule has 0 aliphatic carbocycles. The summed E-state index contributed by atoms with van der Waals surface area (Å²) in [5.41, 5.74) is -2.84. The molecule has 180 valence electrons. The van der Waals surface area contributed by atoms with Crippen molar-refractivity contribution in [1.29, 1.82) is 0 Å². The fourth-order valence-corrected chi connectivity index (χ4v) is 4.23. The van der Waals surface area contributed by atoms with Gasteiger partial charge in [-0.2, -0.15) is 16.8 Å². The minimum absolute atomic E-state index is 0.293. The van der Waals surface area contributed by atoms with E-state index < -0.39 is 48.8 Å². The Kier molecular flexibility index (Phi) is 8.63. The highest BCUT2D eigenvalue weighted by molar-refractivity contribution is 7.87. The van der Waals surface area contributed by atoms with Crippen LogP contribution in [0.1, 0.15) is 0 Å². The summed E-state index contributed by atoms with van der Waals surface area (Å²) in [5.74, 6) is 0. The molecule has 14 nitrogen and oxygen atoms in total. The lowest BCUT2D eigenvalue weighted by Gasteiger charge is -2.23. The van der Waals surface area contributed by atoms with E-state index in [0.29, 0.717) is 0 Å². The lowest BCUT2D eigenvalue weighted by atomic mass is 10.2. The van der Waals surface area contributed by atoms with Crippen molar-refractivity contribution in [2.24, 2.45) is 10.6 Å². The van der Waals surface area contributed by atoms with Gasteiger partial charge in [0.15, 0.2) is 0 Å². The second kappa shape index (κ2) is 11.0. The number of nitrogens with zero attached hydrogens (tertiary/aromatic N) is 4. The summed E-state index contributed by atoms with van der Waals surface area (Å²) < 4.78 is 59.8. The second-order valence-corrected chi connectivity index (χ2v) is 9.35. The molecule has 2 rings (SSSR count). The van der Waals surface area contributed by atoms with Crippen molar-refractivity contribution in [1.82, 2.24) is 0 Å². The number of hydrogen-bond donors (Lipinski definition) is 0. The quantitative estimate of drug-likeness (QED) is 0.135. The van der Waals surface area contributed by atoms with Gasteiger partial charge in [-0.3, -0.25) is 8.37 Å². The summed E-state index contributed by atoms with van der Waals surface area (Å²) in [7, 11) is -7.08. The molecule has 0 fully saturated rings. The van der Waals surface area contributed by atoms with E-state index in [2.05, 4.69) is 20.2 Å². The lowest BCUT2D eigenvalue weighted by Crippen LogP contribution is -2.55. The van der Waals surface area contributed by atoms with E-state index in [9.17, 15) is 27.3 Å². The van der Waals surface area contributed by atoms with Crippen LogP contribution in [0.25, 0.3) is 0 Å². The van der Waals surface area contributed by atoms with Gasteiger partial charge in [0.25, 0.3) is 20.2 Å². The van der Waals surface area contributed by atoms with Crippen LogP contribution in [-0.2, 0) is 38.3 Å². The normalized spacial score (nSPS) is 13.5. The van der Waals surface area contributed by atoms with E-state index in [-0.39, 0.29) is 9.79 Å². The molecule has 0 aromatic heterocycles. The Morgan fingerprint density at radius 3 is 1.36 bits per heavy atom. The van der Waals surface area contributed by atoms with Crippen molar-refractivity contribution in [2.75, 3.05) is 27.4 Å². The first kappa shape index (κ1) is 25.9. The van der Waals surface area contributed by atoms with Crippen LogP contribution in [0.5, 0.6) is 0 Å². The average molecular weight is 504 g/mol. The van der Waals surface area contributed by atoms with Crippen molar-refractivity contribution in [3.63, 3.8) is 0 Å². The Balaban J connectivity index is 2.47. The fourth-order valence-electron chi connectivity index (χ4n) is 2.29. The number of rotatable bonds is 12. The van der Waals surface area contributed by atoms with Crippen molar-refractivity contribution in [2.45, 2.75) is 15.5 Å². The fraction of sp³-hybridized carbons (Fsp3) is 0.294. The molecule has 0 atom stereocenters. The third-order valence-electron chi connectivity index (χ3n) is 3.98. The molecule has 0 unspecified atom stereocenters. The molecular weight excluding hydrogens is 484 g/mol. The van der Waals surface area contributed by atoms with Crippen LogP contribution in [0.2, 0.25) is 0 Å². The molecule has 0 aliphatic rings. The molecule has 33 heavy (non-hydrogen) atoms. The Hall–Kier alpha value is -3.34. The van der Waals surface area contributed by atoms with Gasteiger partial charge in [-0.15, -0.1) is 0 Å². The van der Waals surface area contributed by atoms with Gasteiger partial charge in [0.2, 0.25) is 23.8 Å². The summed E-state index contributed by atoms with van der Waals surface area (Å²) in [6.45, 7) is -2.55. The number of benzene rings is 2. The van der Waals surface area contributed by atoms with Crippen molar-refractivity contribution in [3.05, 3.63) is 71.1 Å². The molecule has 0 aliphatic heterocycles. The monoisotopic (exact) mass is 504 g/mol. The van der Waals surface area contributed by atoms with Crippen LogP contribution in [0, 0.1) is 10.4 Å². The van der Waals surface area contributed by atoms with Crippen LogP contribution < -0.4 is 0 Å². The molecule has 0 amide bonds. The molecule has 0 heterocycles. The third kappa shape index (κ3) is 6.35. The molecule has 0 bridgehead atoms. The van der Waals surface area contributed by atoms with E-state index in [1.54, 1.807) is 12.1 Å². The smallest absolute Gasteiger partial charge is 0.472 e. The molecular formula is C17H20N4O10S2. The van der Waals surface area contributed by atoms with E-state index in [0.717, 1.165) is 14.2 Å². The minimum Gasteiger partial charge on any atom is -0.592 e. The molecule has 0 N–H and O–H groups in total. The first-order chi connectivity index (χ1) is 15.6. The SMILES string of the molecule is CON=[N+]([O-])C(COS(=O)(=O)c1ccccc1)(COS(=O)(=O)c1ccccc1)[N+]([O-])=NOC. The highest BCUT2D eigenvalue weighted by Gasteiger charge is 2.57. The Bertz CT molecular complexity index is 1090. The summed E-state index contributed by atoms with van der Waals surface area (Å²) in [4.78, 5) is 7.24. The molecule has 16 heteroatoms. The lowest BCUT2D eigenvalue weighted by molar-refractivity contribution is -0.847. The van der Waals surface area contributed by atoms with Crippen molar-refractivity contribution >= 4 is 20.2 Å². The highest BCUT2D eigenvalue weighted by Crippen LogP contribution is 2.22. The summed E-state index contributed by atoms with van der Waals surface area (Å²) in [6.07, 6.45) is 0. The predicted molar refractivity (Wildman–Crippen MR) is 108 cm³/mol.